The van der Waals surface area contributed by atoms with Crippen molar-refractivity contribution in [2.45, 2.75) is 25.0 Å². The second kappa shape index (κ2) is 2.56. The van der Waals surface area contributed by atoms with Crippen LogP contribution in [0.5, 0.6) is 0 Å². The summed E-state index contributed by atoms with van der Waals surface area (Å²) in [5.41, 5.74) is 1.91. The van der Waals surface area contributed by atoms with Crippen molar-refractivity contribution in [3.63, 3.8) is 0 Å². The van der Waals surface area contributed by atoms with E-state index in [0.29, 0.717) is 10.3 Å². The second-order valence-electron chi connectivity index (χ2n) is 3.30. The van der Waals surface area contributed by atoms with Crippen molar-refractivity contribution < 1.29 is 4.74 Å². The van der Waals surface area contributed by atoms with Gasteiger partial charge in [0, 0.05) is 11.1 Å². The summed E-state index contributed by atoms with van der Waals surface area (Å²) in [5, 5.41) is 8.42. The predicted molar refractivity (Wildman–Crippen MR) is 47.9 cm³/mol. The first-order chi connectivity index (χ1) is 6.27. The summed E-state index contributed by atoms with van der Waals surface area (Å²) in [6.07, 6.45) is 2.22. The highest BCUT2D eigenvalue weighted by Crippen LogP contribution is 2.53. The van der Waals surface area contributed by atoms with Gasteiger partial charge in [0.1, 0.15) is 0 Å². The first-order valence-electron chi connectivity index (χ1n) is 4.14. The van der Waals surface area contributed by atoms with Gasteiger partial charge in [0.25, 0.3) is 0 Å². The summed E-state index contributed by atoms with van der Waals surface area (Å²) < 4.78 is 5.66. The van der Waals surface area contributed by atoms with E-state index in [2.05, 4.69) is 10.2 Å². The molecule has 2 bridgehead atoms. The Bertz CT molecular complexity index is 348. The maximum absolute atomic E-state index is 5.92. The summed E-state index contributed by atoms with van der Waals surface area (Å²) in [4.78, 5) is 0. The fourth-order valence-corrected chi connectivity index (χ4v) is 2.61. The van der Waals surface area contributed by atoms with Crippen LogP contribution in [0.15, 0.2) is 0 Å². The van der Waals surface area contributed by atoms with Crippen LogP contribution in [-0.2, 0) is 4.74 Å². The Morgan fingerprint density at radius 3 is 1.92 bits per heavy atom. The van der Waals surface area contributed by atoms with Crippen LogP contribution >= 0.6 is 23.2 Å². The molecule has 3 nitrogen and oxygen atoms in total. The Kier molecular flexibility index (Phi) is 1.57. The zero-order valence-electron chi connectivity index (χ0n) is 6.63. The molecule has 3 rings (SSSR count). The van der Waals surface area contributed by atoms with E-state index in [9.17, 15) is 0 Å². The van der Waals surface area contributed by atoms with Gasteiger partial charge >= 0.3 is 0 Å². The standard InChI is InChI=1S/C8H6Cl2N2O/c9-7-5-3-1-2-4(13-3)6(5)8(10)12-11-7/h3-4H,1-2H2. The molecule has 2 aliphatic heterocycles. The minimum Gasteiger partial charge on any atom is -0.365 e. The number of hydrogen-bond acceptors (Lipinski definition) is 3. The second-order valence-corrected chi connectivity index (χ2v) is 4.02. The lowest BCUT2D eigenvalue weighted by Crippen LogP contribution is -2.03. The summed E-state index contributed by atoms with van der Waals surface area (Å²) in [7, 11) is 0. The molecule has 2 unspecified atom stereocenters. The fourth-order valence-electron chi connectivity index (χ4n) is 2.09. The number of halogens is 2. The van der Waals surface area contributed by atoms with Crippen molar-refractivity contribution in [2.24, 2.45) is 0 Å². The largest absolute Gasteiger partial charge is 0.365 e. The highest BCUT2D eigenvalue weighted by atomic mass is 35.5. The van der Waals surface area contributed by atoms with Gasteiger partial charge in [-0.2, -0.15) is 0 Å². The predicted octanol–water partition coefficient (Wildman–Crippen LogP) is 2.69. The van der Waals surface area contributed by atoms with Gasteiger partial charge < -0.3 is 4.74 Å². The van der Waals surface area contributed by atoms with Crippen LogP contribution in [-0.4, -0.2) is 10.2 Å². The average molecular weight is 217 g/mol. The molecule has 1 fully saturated rings. The summed E-state index contributed by atoms with van der Waals surface area (Å²) >= 11 is 11.8. The van der Waals surface area contributed by atoms with Crippen LogP contribution in [0, 0.1) is 0 Å². The topological polar surface area (TPSA) is 35.0 Å². The highest BCUT2D eigenvalue weighted by molar-refractivity contribution is 6.32. The lowest BCUT2D eigenvalue weighted by molar-refractivity contribution is 0.0716. The monoisotopic (exact) mass is 216 g/mol. The van der Waals surface area contributed by atoms with Crippen molar-refractivity contribution in [3.8, 4) is 0 Å². The molecule has 0 radical (unpaired) electrons. The third-order valence-electron chi connectivity index (χ3n) is 2.62. The van der Waals surface area contributed by atoms with Crippen molar-refractivity contribution in [3.05, 3.63) is 21.4 Å². The van der Waals surface area contributed by atoms with E-state index in [4.69, 9.17) is 27.9 Å². The third kappa shape index (κ3) is 0.951. The first kappa shape index (κ1) is 7.97. The molecule has 68 valence electrons. The molecule has 1 aromatic heterocycles. The van der Waals surface area contributed by atoms with Gasteiger partial charge in [-0.15, -0.1) is 10.2 Å². The third-order valence-corrected chi connectivity index (χ3v) is 3.18. The van der Waals surface area contributed by atoms with Gasteiger partial charge in [-0.1, -0.05) is 23.2 Å². The van der Waals surface area contributed by atoms with E-state index in [-0.39, 0.29) is 12.2 Å². The van der Waals surface area contributed by atoms with E-state index in [1.165, 1.54) is 0 Å². The quantitative estimate of drug-likeness (QED) is 0.670. The Morgan fingerprint density at radius 1 is 1.00 bits per heavy atom. The molecule has 0 amide bonds. The number of ether oxygens (including phenoxy) is 1. The molecular formula is C8H6Cl2N2O. The molecule has 3 heterocycles. The molecular weight excluding hydrogens is 211 g/mol. The summed E-state index contributed by atoms with van der Waals surface area (Å²) in [6.45, 7) is 0. The molecule has 0 aliphatic carbocycles. The van der Waals surface area contributed by atoms with Crippen LogP contribution in [0.3, 0.4) is 0 Å². The summed E-state index contributed by atoms with van der Waals surface area (Å²) in [6, 6.07) is 0. The molecule has 2 aliphatic rings. The molecule has 1 aromatic rings. The van der Waals surface area contributed by atoms with Crippen LogP contribution in [0.1, 0.15) is 36.2 Å². The maximum Gasteiger partial charge on any atom is 0.157 e. The van der Waals surface area contributed by atoms with Crippen molar-refractivity contribution >= 4 is 23.2 Å². The average Bonchev–Trinajstić information content (AvgIpc) is 2.70. The number of fused-ring (bicyclic) bond motifs is 5. The van der Waals surface area contributed by atoms with Crippen LogP contribution in [0.4, 0.5) is 0 Å². The van der Waals surface area contributed by atoms with Crippen molar-refractivity contribution in [2.75, 3.05) is 0 Å². The van der Waals surface area contributed by atoms with Crippen LogP contribution < -0.4 is 0 Å². The molecule has 0 spiro atoms. The first-order valence-corrected chi connectivity index (χ1v) is 4.90. The smallest absolute Gasteiger partial charge is 0.157 e. The zero-order chi connectivity index (χ0) is 9.00. The SMILES string of the molecule is Clc1nnc(Cl)c2c1C1CCC2O1. The van der Waals surface area contributed by atoms with Gasteiger partial charge in [0.05, 0.1) is 12.2 Å². The highest BCUT2D eigenvalue weighted by Gasteiger charge is 2.42. The fraction of sp³-hybridized carbons (Fsp3) is 0.500. The van der Waals surface area contributed by atoms with E-state index in [0.717, 1.165) is 24.0 Å². The number of rotatable bonds is 0. The lowest BCUT2D eigenvalue weighted by atomic mass is 9.95. The Hall–Kier alpha value is -0.380. The van der Waals surface area contributed by atoms with Gasteiger partial charge in [-0.25, -0.2) is 0 Å². The Balaban J connectivity index is 2.30. The van der Waals surface area contributed by atoms with Gasteiger partial charge in [0.2, 0.25) is 0 Å². The molecule has 0 aromatic carbocycles. The molecule has 0 saturated carbocycles. The van der Waals surface area contributed by atoms with Gasteiger partial charge in [0.15, 0.2) is 10.3 Å². The minimum atomic E-state index is 0.0977. The minimum absolute atomic E-state index is 0.0977. The zero-order valence-corrected chi connectivity index (χ0v) is 8.14. The van der Waals surface area contributed by atoms with Crippen LogP contribution in [0.2, 0.25) is 10.3 Å². The van der Waals surface area contributed by atoms with Crippen LogP contribution in [0.25, 0.3) is 0 Å². The van der Waals surface area contributed by atoms with Gasteiger partial charge in [-0.05, 0) is 12.8 Å². The molecule has 1 saturated heterocycles. The molecule has 5 heteroatoms. The van der Waals surface area contributed by atoms with Crippen molar-refractivity contribution in [1.29, 1.82) is 0 Å². The van der Waals surface area contributed by atoms with E-state index in [1.54, 1.807) is 0 Å². The number of aromatic nitrogens is 2. The van der Waals surface area contributed by atoms with E-state index < -0.39 is 0 Å². The molecule has 13 heavy (non-hydrogen) atoms. The Labute approximate surface area is 85.0 Å². The summed E-state index contributed by atoms with van der Waals surface area (Å²) in [5.74, 6) is 0. The normalized spacial score (nSPS) is 29.4. The number of nitrogens with zero attached hydrogens (tertiary/aromatic N) is 2. The van der Waals surface area contributed by atoms with Gasteiger partial charge in [-0.3, -0.25) is 0 Å². The molecule has 0 N–H and O–H groups in total. The van der Waals surface area contributed by atoms with E-state index >= 15 is 0 Å². The van der Waals surface area contributed by atoms with Crippen molar-refractivity contribution in [1.82, 2.24) is 10.2 Å². The van der Waals surface area contributed by atoms with E-state index in [1.807, 2.05) is 0 Å². The lowest BCUT2D eigenvalue weighted by Gasteiger charge is -2.11. The number of hydrogen-bond donors (Lipinski definition) is 0. The maximum atomic E-state index is 5.92. The molecule has 2 atom stereocenters. The Morgan fingerprint density at radius 2 is 1.46 bits per heavy atom.